The van der Waals surface area contributed by atoms with Crippen LogP contribution in [0.15, 0.2) is 29.8 Å². The van der Waals surface area contributed by atoms with Crippen LogP contribution in [0.25, 0.3) is 11.2 Å². The van der Waals surface area contributed by atoms with Crippen molar-refractivity contribution in [2.75, 3.05) is 25.6 Å². The van der Waals surface area contributed by atoms with E-state index in [0.29, 0.717) is 4.34 Å². The highest BCUT2D eigenvalue weighted by atomic mass is 31.3. The molecule has 3 aromatic heterocycles. The summed E-state index contributed by atoms with van der Waals surface area (Å²) in [7, 11) is -8.34. The molecule has 182 valence electrons. The standard InChI is InChI=1S/C14H21N7O10P2/c1-19-8-21(12-11(19)13(24)18-14(15)17-12)10(5-23)30-9(4-22)6-29-33(27,28)31-32(25,26)20-3-2-16-7-20/h2-3,7-10,22-23H,4-6H2,1H3,(H4-,15,17,18,24,25,26,27,28)/p+1/t9-,10+/m0/s1. The van der Waals surface area contributed by atoms with E-state index in [1.165, 1.54) is 15.5 Å². The molecule has 0 saturated carbocycles. The summed E-state index contributed by atoms with van der Waals surface area (Å²) in [6.07, 6.45) is 1.95. The molecule has 0 radical (unpaired) electrons. The monoisotopic (exact) mass is 510 g/mol. The Morgan fingerprint density at radius 3 is 2.64 bits per heavy atom. The first-order chi connectivity index (χ1) is 15.5. The van der Waals surface area contributed by atoms with Crippen LogP contribution in [0.3, 0.4) is 0 Å². The number of aryl methyl sites for hydroxylation is 1. The summed E-state index contributed by atoms with van der Waals surface area (Å²) < 4.78 is 42.0. The van der Waals surface area contributed by atoms with Crippen molar-refractivity contribution in [2.45, 2.75) is 12.3 Å². The van der Waals surface area contributed by atoms with Crippen LogP contribution in [0.2, 0.25) is 0 Å². The number of rotatable bonds is 11. The number of H-pyrrole nitrogens is 1. The molecule has 3 aromatic rings. The average Bonchev–Trinajstić information content (AvgIpc) is 3.37. The molecule has 0 aliphatic carbocycles. The number of aliphatic hydroxyl groups excluding tert-OH is 2. The third kappa shape index (κ3) is 5.73. The van der Waals surface area contributed by atoms with E-state index in [1.807, 2.05) is 0 Å². The Bertz CT molecular complexity index is 1260. The van der Waals surface area contributed by atoms with Gasteiger partial charge in [0, 0.05) is 12.4 Å². The second-order valence-electron chi connectivity index (χ2n) is 6.61. The largest absolute Gasteiger partial charge is 0.480 e. The van der Waals surface area contributed by atoms with E-state index < -0.39 is 53.3 Å². The van der Waals surface area contributed by atoms with Crippen LogP contribution < -0.4 is 15.9 Å². The Kier molecular flexibility index (Phi) is 7.48. The number of hydrogen-bond donors (Lipinski definition) is 6. The van der Waals surface area contributed by atoms with Gasteiger partial charge in [-0.05, 0) is 0 Å². The first-order valence-corrected chi connectivity index (χ1v) is 12.1. The van der Waals surface area contributed by atoms with Gasteiger partial charge < -0.3 is 30.5 Å². The second kappa shape index (κ2) is 9.80. The fourth-order valence-electron chi connectivity index (χ4n) is 2.81. The molecular formula is C14H22N7O10P2+. The van der Waals surface area contributed by atoms with Gasteiger partial charge >= 0.3 is 21.2 Å². The molecule has 0 saturated heterocycles. The summed E-state index contributed by atoms with van der Waals surface area (Å²) in [5.41, 5.74) is 5.22. The van der Waals surface area contributed by atoms with Crippen LogP contribution in [0.1, 0.15) is 6.23 Å². The zero-order chi connectivity index (χ0) is 24.4. The highest BCUT2D eigenvalue weighted by molar-refractivity contribution is 7.63. The van der Waals surface area contributed by atoms with Gasteiger partial charge in [0.25, 0.3) is 11.5 Å². The number of anilines is 1. The van der Waals surface area contributed by atoms with E-state index in [1.54, 1.807) is 7.05 Å². The number of nitrogens with zero attached hydrogens (tertiary/aromatic N) is 5. The number of ether oxygens (including phenoxy) is 1. The summed E-state index contributed by atoms with van der Waals surface area (Å²) >= 11 is 0. The van der Waals surface area contributed by atoms with Crippen molar-refractivity contribution >= 4 is 32.7 Å². The number of phosphoric acid groups is 1. The van der Waals surface area contributed by atoms with E-state index in [0.717, 1.165) is 18.7 Å². The molecule has 0 aliphatic heterocycles. The van der Waals surface area contributed by atoms with E-state index in [-0.39, 0.29) is 17.1 Å². The molecule has 17 nitrogen and oxygen atoms in total. The van der Waals surface area contributed by atoms with Crippen molar-refractivity contribution in [3.63, 3.8) is 0 Å². The molecule has 0 spiro atoms. The number of fused-ring (bicyclic) bond motifs is 1. The molecule has 4 atom stereocenters. The molecule has 0 aromatic carbocycles. The highest BCUT2D eigenvalue weighted by Crippen LogP contribution is 2.60. The number of nitrogens with one attached hydrogen (secondary N) is 1. The number of aromatic amines is 1. The minimum Gasteiger partial charge on any atom is -0.394 e. The normalized spacial score (nSPS) is 17.5. The fourth-order valence-corrected chi connectivity index (χ4v) is 5.19. The number of aliphatic hydroxyl groups is 2. The number of aromatic nitrogens is 6. The van der Waals surface area contributed by atoms with Crippen molar-refractivity contribution in [3.05, 3.63) is 35.4 Å². The Labute approximate surface area is 184 Å². The van der Waals surface area contributed by atoms with Gasteiger partial charge in [-0.25, -0.2) is 23.0 Å². The van der Waals surface area contributed by atoms with Crippen LogP contribution in [0, 0.1) is 0 Å². The first-order valence-electron chi connectivity index (χ1n) is 9.11. The second-order valence-corrected chi connectivity index (χ2v) is 9.91. The number of nitrogens with two attached hydrogens (primary N) is 1. The van der Waals surface area contributed by atoms with E-state index in [2.05, 4.69) is 23.8 Å². The first kappa shape index (κ1) is 25.2. The molecule has 2 unspecified atom stereocenters. The lowest BCUT2D eigenvalue weighted by Crippen LogP contribution is -2.46. The predicted octanol–water partition coefficient (Wildman–Crippen LogP) is -2.02. The maximum atomic E-state index is 12.1. The van der Waals surface area contributed by atoms with Crippen LogP contribution in [-0.4, -0.2) is 69.8 Å². The third-order valence-electron chi connectivity index (χ3n) is 4.22. The molecule has 33 heavy (non-hydrogen) atoms. The Balaban J connectivity index is 1.73. The molecule has 3 heterocycles. The molecule has 3 rings (SSSR count). The van der Waals surface area contributed by atoms with Crippen molar-refractivity contribution in [1.29, 1.82) is 0 Å². The predicted molar refractivity (Wildman–Crippen MR) is 108 cm³/mol. The minimum absolute atomic E-state index is 0.0631. The number of phosphoric ester groups is 1. The summed E-state index contributed by atoms with van der Waals surface area (Å²) in [6, 6.07) is 0. The van der Waals surface area contributed by atoms with Crippen molar-refractivity contribution < 1.29 is 47.3 Å². The molecule has 7 N–H and O–H groups in total. The van der Waals surface area contributed by atoms with E-state index in [9.17, 15) is 33.9 Å². The van der Waals surface area contributed by atoms with Crippen molar-refractivity contribution in [3.8, 4) is 0 Å². The SMILES string of the molecule is Cn1c[n+]([C@@H](CO)O[C@@H](CO)COP(=O)(O)OP(=O)(O)n2ccnc2)c2nc(N)[nH]c(=O)c21. The molecule has 0 aliphatic rings. The van der Waals surface area contributed by atoms with Gasteiger partial charge in [-0.3, -0.25) is 18.9 Å². The van der Waals surface area contributed by atoms with Crippen molar-refractivity contribution in [1.82, 2.24) is 23.9 Å². The fraction of sp³-hybridized carbons (Fsp3) is 0.429. The topological polar surface area (TPSA) is 241 Å². The third-order valence-corrected chi connectivity index (χ3v) is 7.20. The van der Waals surface area contributed by atoms with Gasteiger partial charge in [0.2, 0.25) is 11.7 Å². The maximum absolute atomic E-state index is 12.1. The minimum atomic E-state index is -5.09. The Morgan fingerprint density at radius 2 is 2.03 bits per heavy atom. The van der Waals surface area contributed by atoms with Crippen LogP contribution in [0.4, 0.5) is 5.95 Å². The van der Waals surface area contributed by atoms with E-state index in [4.69, 9.17) is 10.5 Å². The maximum Gasteiger partial charge on any atom is 0.480 e. The Morgan fingerprint density at radius 1 is 1.30 bits per heavy atom. The van der Waals surface area contributed by atoms with Gasteiger partial charge in [0.15, 0.2) is 6.33 Å². The summed E-state index contributed by atoms with van der Waals surface area (Å²) in [6.45, 7) is -2.17. The number of nitrogen functional groups attached to an aromatic ring is 1. The van der Waals surface area contributed by atoms with Crippen LogP contribution in [0.5, 0.6) is 0 Å². The number of imidazole rings is 2. The zero-order valence-corrected chi connectivity index (χ0v) is 18.8. The summed E-state index contributed by atoms with van der Waals surface area (Å²) in [5, 5.41) is 19.4. The number of hydrogen-bond acceptors (Lipinski definition) is 11. The lowest BCUT2D eigenvalue weighted by atomic mass is 10.4. The summed E-state index contributed by atoms with van der Waals surface area (Å²) in [4.78, 5) is 41.6. The molecule has 0 bridgehead atoms. The van der Waals surface area contributed by atoms with Gasteiger partial charge in [-0.2, -0.15) is 4.31 Å². The summed E-state index contributed by atoms with van der Waals surface area (Å²) in [5.74, 6) is -0.184. The van der Waals surface area contributed by atoms with Crippen molar-refractivity contribution in [2.24, 2.45) is 7.05 Å². The quantitative estimate of drug-likeness (QED) is 0.121. The highest BCUT2D eigenvalue weighted by Gasteiger charge is 2.36. The van der Waals surface area contributed by atoms with Gasteiger partial charge in [0.05, 0.1) is 20.3 Å². The van der Waals surface area contributed by atoms with E-state index >= 15 is 0 Å². The molecule has 19 heteroatoms. The Hall–Kier alpha value is -2.46. The molecular weight excluding hydrogens is 488 g/mol. The van der Waals surface area contributed by atoms with Gasteiger partial charge in [-0.15, -0.1) is 0 Å². The lowest BCUT2D eigenvalue weighted by Gasteiger charge is -2.22. The molecule has 0 amide bonds. The van der Waals surface area contributed by atoms with Gasteiger partial charge in [0.1, 0.15) is 19.0 Å². The smallest absolute Gasteiger partial charge is 0.394 e. The van der Waals surface area contributed by atoms with Gasteiger partial charge in [-0.1, -0.05) is 4.98 Å². The average molecular weight is 510 g/mol. The lowest BCUT2D eigenvalue weighted by molar-refractivity contribution is -0.746. The zero-order valence-electron chi connectivity index (χ0n) is 17.0. The van der Waals surface area contributed by atoms with Crippen LogP contribution >= 0.6 is 15.6 Å². The molecule has 0 fully saturated rings. The van der Waals surface area contributed by atoms with Crippen LogP contribution in [-0.2, 0) is 29.7 Å².